The van der Waals surface area contributed by atoms with Crippen molar-refractivity contribution in [3.8, 4) is 0 Å². The number of carbonyl (C=O) groups excluding carboxylic acids is 1. The minimum absolute atomic E-state index is 0.0632. The summed E-state index contributed by atoms with van der Waals surface area (Å²) in [5.41, 5.74) is 6.14. The van der Waals surface area contributed by atoms with Gasteiger partial charge in [-0.3, -0.25) is 4.79 Å². The third-order valence-corrected chi connectivity index (χ3v) is 4.34. The fourth-order valence-corrected chi connectivity index (χ4v) is 3.42. The monoisotopic (exact) mass is 248 g/mol. The zero-order valence-electron chi connectivity index (χ0n) is 10.2. The van der Waals surface area contributed by atoms with Crippen LogP contribution >= 0.6 is 0 Å². The molecule has 0 radical (unpaired) electrons. The first kappa shape index (κ1) is 11.5. The first-order chi connectivity index (χ1) is 8.63. The molecule has 4 heteroatoms. The first-order valence-electron chi connectivity index (χ1n) is 6.49. The maximum atomic E-state index is 13.0. The molecule has 0 aromatic heterocycles. The van der Waals surface area contributed by atoms with Crippen molar-refractivity contribution in [2.75, 3.05) is 11.1 Å². The number of nitrogens with two attached hydrogens (primary N) is 1. The maximum absolute atomic E-state index is 13.0. The van der Waals surface area contributed by atoms with Crippen LogP contribution in [0.1, 0.15) is 25.7 Å². The molecule has 2 fully saturated rings. The van der Waals surface area contributed by atoms with E-state index in [1.165, 1.54) is 31.4 Å². The Morgan fingerprint density at radius 1 is 1.33 bits per heavy atom. The van der Waals surface area contributed by atoms with E-state index in [1.807, 2.05) is 0 Å². The molecular weight excluding hydrogens is 231 g/mol. The van der Waals surface area contributed by atoms with Crippen LogP contribution in [-0.2, 0) is 4.79 Å². The van der Waals surface area contributed by atoms with Gasteiger partial charge in [0.25, 0.3) is 0 Å². The number of nitrogens with one attached hydrogen (secondary N) is 1. The number of halogens is 1. The van der Waals surface area contributed by atoms with Crippen LogP contribution in [-0.4, -0.2) is 5.91 Å². The van der Waals surface area contributed by atoms with Crippen molar-refractivity contribution in [2.24, 2.45) is 17.8 Å². The molecule has 2 aliphatic carbocycles. The Hall–Kier alpha value is -1.58. The highest BCUT2D eigenvalue weighted by Gasteiger charge is 2.42. The van der Waals surface area contributed by atoms with Gasteiger partial charge in [-0.05, 0) is 49.3 Å². The van der Waals surface area contributed by atoms with Crippen LogP contribution in [0, 0.1) is 23.6 Å². The topological polar surface area (TPSA) is 55.1 Å². The molecule has 3 nitrogen and oxygen atoms in total. The Balaban J connectivity index is 1.69. The minimum atomic E-state index is -0.451. The Labute approximate surface area is 106 Å². The number of amides is 1. The number of nitrogen functional groups attached to an aromatic ring is 1. The van der Waals surface area contributed by atoms with Crippen LogP contribution < -0.4 is 11.1 Å². The van der Waals surface area contributed by atoms with Crippen molar-refractivity contribution in [1.29, 1.82) is 0 Å². The van der Waals surface area contributed by atoms with E-state index < -0.39 is 5.82 Å². The molecule has 2 bridgehead atoms. The number of benzene rings is 1. The highest BCUT2D eigenvalue weighted by molar-refractivity contribution is 5.93. The summed E-state index contributed by atoms with van der Waals surface area (Å²) in [6.45, 7) is 0. The molecule has 0 aliphatic heterocycles. The lowest BCUT2D eigenvalue weighted by Gasteiger charge is -2.20. The van der Waals surface area contributed by atoms with Crippen LogP contribution in [0.25, 0.3) is 0 Å². The summed E-state index contributed by atoms with van der Waals surface area (Å²) in [5.74, 6) is 1.04. The smallest absolute Gasteiger partial charge is 0.227 e. The molecule has 0 heterocycles. The number of anilines is 2. The summed E-state index contributed by atoms with van der Waals surface area (Å²) in [4.78, 5) is 12.2. The van der Waals surface area contributed by atoms with Crippen molar-refractivity contribution in [1.82, 2.24) is 0 Å². The highest BCUT2D eigenvalue weighted by Crippen LogP contribution is 2.48. The van der Waals surface area contributed by atoms with Gasteiger partial charge in [0.05, 0.1) is 5.69 Å². The molecule has 2 saturated carbocycles. The van der Waals surface area contributed by atoms with E-state index in [1.54, 1.807) is 6.07 Å². The Morgan fingerprint density at radius 3 is 2.78 bits per heavy atom. The molecule has 0 spiro atoms. The van der Waals surface area contributed by atoms with Gasteiger partial charge in [-0.2, -0.15) is 0 Å². The van der Waals surface area contributed by atoms with Gasteiger partial charge in [0.2, 0.25) is 5.91 Å². The number of fused-ring (bicyclic) bond motifs is 2. The lowest BCUT2D eigenvalue weighted by molar-refractivity contribution is -0.121. The number of rotatable bonds is 2. The van der Waals surface area contributed by atoms with Crippen molar-refractivity contribution in [3.63, 3.8) is 0 Å². The lowest BCUT2D eigenvalue weighted by Crippen LogP contribution is -2.27. The average molecular weight is 248 g/mol. The van der Waals surface area contributed by atoms with Gasteiger partial charge in [0.15, 0.2) is 0 Å². The van der Waals surface area contributed by atoms with Gasteiger partial charge >= 0.3 is 0 Å². The van der Waals surface area contributed by atoms with Crippen LogP contribution in [0.2, 0.25) is 0 Å². The van der Waals surface area contributed by atoms with Gasteiger partial charge in [-0.25, -0.2) is 4.39 Å². The molecule has 2 aliphatic rings. The van der Waals surface area contributed by atoms with E-state index in [9.17, 15) is 9.18 Å². The molecular formula is C14H17FN2O. The molecule has 96 valence electrons. The van der Waals surface area contributed by atoms with Crippen molar-refractivity contribution < 1.29 is 9.18 Å². The van der Waals surface area contributed by atoms with Gasteiger partial charge in [0, 0.05) is 11.6 Å². The van der Waals surface area contributed by atoms with E-state index in [0.29, 0.717) is 11.6 Å². The van der Waals surface area contributed by atoms with Crippen LogP contribution in [0.4, 0.5) is 15.8 Å². The molecule has 3 rings (SSSR count). The highest BCUT2D eigenvalue weighted by atomic mass is 19.1. The third-order valence-electron chi connectivity index (χ3n) is 4.34. The summed E-state index contributed by atoms with van der Waals surface area (Å²) in [5, 5.41) is 2.85. The van der Waals surface area contributed by atoms with Crippen molar-refractivity contribution in [2.45, 2.75) is 25.7 Å². The van der Waals surface area contributed by atoms with Crippen LogP contribution in [0.15, 0.2) is 18.2 Å². The van der Waals surface area contributed by atoms with Crippen molar-refractivity contribution >= 4 is 17.3 Å². The second kappa shape index (κ2) is 4.26. The van der Waals surface area contributed by atoms with Gasteiger partial charge in [-0.1, -0.05) is 6.42 Å². The SMILES string of the molecule is Nc1cc(NC(=O)C2CC3CCC2C3)ccc1F. The summed E-state index contributed by atoms with van der Waals surface area (Å²) < 4.78 is 13.0. The van der Waals surface area contributed by atoms with Gasteiger partial charge in [-0.15, -0.1) is 0 Å². The second-order valence-corrected chi connectivity index (χ2v) is 5.51. The summed E-state index contributed by atoms with van der Waals surface area (Å²) >= 11 is 0. The van der Waals surface area contributed by atoms with E-state index in [2.05, 4.69) is 5.32 Å². The molecule has 18 heavy (non-hydrogen) atoms. The average Bonchev–Trinajstić information content (AvgIpc) is 2.96. The van der Waals surface area contributed by atoms with Gasteiger partial charge < -0.3 is 11.1 Å². The minimum Gasteiger partial charge on any atom is -0.396 e. The molecule has 0 saturated heterocycles. The van der Waals surface area contributed by atoms with Gasteiger partial charge in [0.1, 0.15) is 5.82 Å². The number of hydrogen-bond donors (Lipinski definition) is 2. The molecule has 1 amide bonds. The van der Waals surface area contributed by atoms with Crippen molar-refractivity contribution in [3.05, 3.63) is 24.0 Å². The molecule has 1 aromatic carbocycles. The molecule has 3 unspecified atom stereocenters. The molecule has 1 aromatic rings. The first-order valence-corrected chi connectivity index (χ1v) is 6.49. The summed E-state index contributed by atoms with van der Waals surface area (Å²) in [6.07, 6.45) is 4.66. The van der Waals surface area contributed by atoms with Crippen LogP contribution in [0.5, 0.6) is 0 Å². The zero-order chi connectivity index (χ0) is 12.7. The van der Waals surface area contributed by atoms with E-state index in [0.717, 1.165) is 12.3 Å². The Kier molecular flexibility index (Phi) is 2.73. The zero-order valence-corrected chi connectivity index (χ0v) is 10.2. The van der Waals surface area contributed by atoms with E-state index in [4.69, 9.17) is 5.73 Å². The fourth-order valence-electron chi connectivity index (χ4n) is 3.42. The third kappa shape index (κ3) is 1.96. The molecule has 3 N–H and O–H groups in total. The quantitative estimate of drug-likeness (QED) is 0.791. The molecule has 3 atom stereocenters. The fraction of sp³-hybridized carbons (Fsp3) is 0.500. The number of carbonyl (C=O) groups is 1. The van der Waals surface area contributed by atoms with E-state index in [-0.39, 0.29) is 17.5 Å². The summed E-state index contributed by atoms with van der Waals surface area (Å²) in [6, 6.07) is 4.31. The predicted octanol–water partition coefficient (Wildman–Crippen LogP) is 2.78. The largest absolute Gasteiger partial charge is 0.396 e. The Bertz CT molecular complexity index is 489. The van der Waals surface area contributed by atoms with E-state index >= 15 is 0 Å². The standard InChI is InChI=1S/C14H17FN2O/c15-12-4-3-10(7-13(12)16)17-14(18)11-6-8-1-2-9(11)5-8/h3-4,7-9,11H,1-2,5-6,16H2,(H,17,18). The Morgan fingerprint density at radius 2 is 2.17 bits per heavy atom. The normalized spacial score (nSPS) is 29.5. The number of hydrogen-bond acceptors (Lipinski definition) is 2. The second-order valence-electron chi connectivity index (χ2n) is 5.51. The predicted molar refractivity (Wildman–Crippen MR) is 68.4 cm³/mol. The lowest BCUT2D eigenvalue weighted by atomic mass is 9.88. The van der Waals surface area contributed by atoms with Crippen LogP contribution in [0.3, 0.4) is 0 Å². The maximum Gasteiger partial charge on any atom is 0.227 e. The summed E-state index contributed by atoms with van der Waals surface area (Å²) in [7, 11) is 0.